The van der Waals surface area contributed by atoms with Gasteiger partial charge in [-0.25, -0.2) is 0 Å². The molecule has 0 radical (unpaired) electrons. The highest BCUT2D eigenvalue weighted by atomic mass is 16.2. The Hall–Kier alpha value is -2.37. The highest BCUT2D eigenvalue weighted by Gasteiger charge is 2.24. The van der Waals surface area contributed by atoms with E-state index in [-0.39, 0.29) is 5.91 Å². The molecule has 1 aliphatic rings. The van der Waals surface area contributed by atoms with E-state index >= 15 is 0 Å². The molecule has 1 amide bonds. The molecule has 1 aromatic carbocycles. The van der Waals surface area contributed by atoms with Crippen molar-refractivity contribution in [1.82, 2.24) is 15.0 Å². The number of carbonyl (C=O) groups is 1. The first kappa shape index (κ1) is 11.7. The van der Waals surface area contributed by atoms with Gasteiger partial charge in [0.05, 0.1) is 6.54 Å². The minimum Gasteiger partial charge on any atom is -0.399 e. The van der Waals surface area contributed by atoms with Crippen LogP contribution in [0.1, 0.15) is 17.7 Å². The maximum Gasteiger partial charge on any atom is 0.227 e. The van der Waals surface area contributed by atoms with Crippen LogP contribution in [0, 0.1) is 0 Å². The molecule has 0 saturated heterocycles. The van der Waals surface area contributed by atoms with E-state index in [0.717, 1.165) is 29.1 Å². The van der Waals surface area contributed by atoms with Crippen molar-refractivity contribution >= 4 is 17.3 Å². The molecule has 3 rings (SSSR count). The predicted octanol–water partition coefficient (Wildman–Crippen LogP) is 0.877. The van der Waals surface area contributed by atoms with Crippen molar-refractivity contribution in [2.75, 3.05) is 10.6 Å². The molecule has 0 fully saturated rings. The smallest absolute Gasteiger partial charge is 0.227 e. The minimum atomic E-state index is 0.114. The summed E-state index contributed by atoms with van der Waals surface area (Å²) in [7, 11) is 1.81. The van der Waals surface area contributed by atoms with E-state index in [4.69, 9.17) is 5.73 Å². The summed E-state index contributed by atoms with van der Waals surface area (Å²) in [5.41, 5.74) is 9.34. The van der Waals surface area contributed by atoms with Gasteiger partial charge < -0.3 is 10.6 Å². The lowest BCUT2D eigenvalue weighted by Crippen LogP contribution is -2.34. The van der Waals surface area contributed by atoms with Crippen LogP contribution < -0.4 is 10.6 Å². The van der Waals surface area contributed by atoms with E-state index in [9.17, 15) is 4.79 Å². The molecule has 0 saturated carbocycles. The fourth-order valence-electron chi connectivity index (χ4n) is 2.38. The number of nitrogen functional groups attached to an aromatic ring is 1. The molecule has 0 aliphatic carbocycles. The van der Waals surface area contributed by atoms with Gasteiger partial charge in [-0.15, -0.1) is 5.10 Å². The van der Waals surface area contributed by atoms with Gasteiger partial charge in [-0.2, -0.15) is 0 Å². The number of aryl methyl sites for hydroxylation is 2. The third-order valence-electron chi connectivity index (χ3n) is 3.27. The van der Waals surface area contributed by atoms with Crippen molar-refractivity contribution in [2.24, 2.45) is 7.05 Å². The maximum atomic E-state index is 12.1. The zero-order valence-corrected chi connectivity index (χ0v) is 10.7. The molecule has 19 heavy (non-hydrogen) atoms. The number of amides is 1. The van der Waals surface area contributed by atoms with Crippen molar-refractivity contribution in [1.29, 1.82) is 0 Å². The number of carbonyl (C=O) groups excluding carboxylic acids is 1. The number of rotatable bonds is 2. The molecule has 0 atom stereocenters. The maximum absolute atomic E-state index is 12.1. The number of benzene rings is 1. The van der Waals surface area contributed by atoms with E-state index < -0.39 is 0 Å². The van der Waals surface area contributed by atoms with Gasteiger partial charge >= 0.3 is 0 Å². The predicted molar refractivity (Wildman–Crippen MR) is 71.4 cm³/mol. The molecular formula is C13H15N5O. The van der Waals surface area contributed by atoms with E-state index in [1.807, 2.05) is 31.4 Å². The Kier molecular flexibility index (Phi) is 2.70. The lowest BCUT2D eigenvalue weighted by molar-refractivity contribution is -0.119. The number of hydrogen-bond acceptors (Lipinski definition) is 4. The number of anilines is 2. The van der Waals surface area contributed by atoms with Crippen molar-refractivity contribution in [3.63, 3.8) is 0 Å². The quantitative estimate of drug-likeness (QED) is 0.810. The second-order valence-corrected chi connectivity index (χ2v) is 4.75. The molecule has 6 heteroatoms. The van der Waals surface area contributed by atoms with Crippen LogP contribution in [0.4, 0.5) is 11.4 Å². The van der Waals surface area contributed by atoms with Crippen LogP contribution in [0.2, 0.25) is 0 Å². The number of fused-ring (bicyclic) bond motifs is 1. The Bertz CT molecular complexity index is 634. The molecule has 2 heterocycles. The fourth-order valence-corrected chi connectivity index (χ4v) is 2.38. The van der Waals surface area contributed by atoms with Crippen molar-refractivity contribution in [3.8, 4) is 0 Å². The van der Waals surface area contributed by atoms with Crippen LogP contribution in [0.3, 0.4) is 0 Å². The Morgan fingerprint density at radius 1 is 1.37 bits per heavy atom. The second-order valence-electron chi connectivity index (χ2n) is 4.75. The third kappa shape index (κ3) is 2.16. The van der Waals surface area contributed by atoms with Crippen LogP contribution in [0.5, 0.6) is 0 Å². The van der Waals surface area contributed by atoms with Gasteiger partial charge in [0.2, 0.25) is 5.91 Å². The van der Waals surface area contributed by atoms with Crippen molar-refractivity contribution < 1.29 is 4.79 Å². The van der Waals surface area contributed by atoms with E-state index in [2.05, 4.69) is 10.3 Å². The Morgan fingerprint density at radius 3 is 2.95 bits per heavy atom. The van der Waals surface area contributed by atoms with Crippen molar-refractivity contribution in [3.05, 3.63) is 35.7 Å². The van der Waals surface area contributed by atoms with Crippen LogP contribution in [0.25, 0.3) is 0 Å². The van der Waals surface area contributed by atoms with Crippen LogP contribution in [-0.4, -0.2) is 20.9 Å². The molecule has 0 unspecified atom stereocenters. The van der Waals surface area contributed by atoms with E-state index in [1.54, 1.807) is 9.58 Å². The largest absolute Gasteiger partial charge is 0.399 e. The topological polar surface area (TPSA) is 77.0 Å². The second kappa shape index (κ2) is 4.38. The molecule has 1 aliphatic heterocycles. The molecule has 1 aromatic heterocycles. The molecule has 0 spiro atoms. The molecule has 6 nitrogen and oxygen atoms in total. The lowest BCUT2D eigenvalue weighted by atomic mass is 10.0. The highest BCUT2D eigenvalue weighted by molar-refractivity contribution is 5.96. The molecule has 98 valence electrons. The lowest BCUT2D eigenvalue weighted by Gasteiger charge is -2.28. The first-order chi connectivity index (χ1) is 9.13. The number of nitrogens with two attached hydrogens (primary N) is 1. The van der Waals surface area contributed by atoms with Gasteiger partial charge in [-0.1, -0.05) is 5.21 Å². The summed E-state index contributed by atoms with van der Waals surface area (Å²) in [6, 6.07) is 5.66. The first-order valence-electron chi connectivity index (χ1n) is 6.17. The first-order valence-corrected chi connectivity index (χ1v) is 6.17. The fraction of sp³-hybridized carbons (Fsp3) is 0.308. The van der Waals surface area contributed by atoms with Gasteiger partial charge in [0.25, 0.3) is 0 Å². The summed E-state index contributed by atoms with van der Waals surface area (Å²) in [4.78, 5) is 13.8. The van der Waals surface area contributed by atoms with Gasteiger partial charge in [0.1, 0.15) is 5.69 Å². The van der Waals surface area contributed by atoms with Crippen LogP contribution in [0.15, 0.2) is 24.4 Å². The summed E-state index contributed by atoms with van der Waals surface area (Å²) in [5.74, 6) is 0.114. The Labute approximate surface area is 110 Å². The summed E-state index contributed by atoms with van der Waals surface area (Å²) in [5, 5.41) is 7.92. The monoisotopic (exact) mass is 257 g/mol. The Morgan fingerprint density at radius 2 is 2.21 bits per heavy atom. The van der Waals surface area contributed by atoms with Crippen LogP contribution in [-0.2, 0) is 24.8 Å². The van der Waals surface area contributed by atoms with Gasteiger partial charge in [-0.05, 0) is 30.2 Å². The highest BCUT2D eigenvalue weighted by Crippen LogP contribution is 2.30. The average Bonchev–Trinajstić information content (AvgIpc) is 2.78. The van der Waals surface area contributed by atoms with Crippen LogP contribution >= 0.6 is 0 Å². The number of nitrogens with zero attached hydrogens (tertiary/aromatic N) is 4. The molecule has 0 bridgehead atoms. The summed E-state index contributed by atoms with van der Waals surface area (Å²) >= 11 is 0. The number of aromatic nitrogens is 3. The van der Waals surface area contributed by atoms with E-state index in [0.29, 0.717) is 13.0 Å². The Balaban J connectivity index is 1.94. The van der Waals surface area contributed by atoms with Gasteiger partial charge in [0, 0.05) is 31.0 Å². The SMILES string of the molecule is Cn1cc(CN2C(=O)CCc3cc(N)ccc32)nn1. The number of hydrogen-bond donors (Lipinski definition) is 1. The molecule has 2 N–H and O–H groups in total. The standard InChI is InChI=1S/C13H15N5O/c1-17-7-11(15-16-17)8-18-12-4-3-10(14)6-9(12)2-5-13(18)19/h3-4,6-7H,2,5,8,14H2,1H3. The summed E-state index contributed by atoms with van der Waals surface area (Å²) in [6.45, 7) is 0.448. The average molecular weight is 257 g/mol. The molecular weight excluding hydrogens is 242 g/mol. The third-order valence-corrected chi connectivity index (χ3v) is 3.27. The van der Waals surface area contributed by atoms with E-state index in [1.165, 1.54) is 0 Å². The summed E-state index contributed by atoms with van der Waals surface area (Å²) < 4.78 is 1.63. The van der Waals surface area contributed by atoms with Gasteiger partial charge in [0.15, 0.2) is 0 Å². The summed E-state index contributed by atoms with van der Waals surface area (Å²) in [6.07, 6.45) is 3.08. The zero-order chi connectivity index (χ0) is 13.4. The molecule has 2 aromatic rings. The minimum absolute atomic E-state index is 0.114. The normalized spacial score (nSPS) is 14.6. The van der Waals surface area contributed by atoms with Crippen molar-refractivity contribution in [2.45, 2.75) is 19.4 Å². The van der Waals surface area contributed by atoms with Gasteiger partial charge in [-0.3, -0.25) is 9.48 Å². The zero-order valence-electron chi connectivity index (χ0n) is 10.7.